The second kappa shape index (κ2) is 6.59. The number of aromatic nitrogens is 2. The molecule has 30 heavy (non-hydrogen) atoms. The molecule has 5 rings (SSSR count). The van der Waals surface area contributed by atoms with Gasteiger partial charge >= 0.3 is 0 Å². The van der Waals surface area contributed by atoms with Crippen molar-refractivity contribution in [2.75, 3.05) is 11.9 Å². The van der Waals surface area contributed by atoms with E-state index >= 15 is 0 Å². The van der Waals surface area contributed by atoms with Crippen LogP contribution >= 0.6 is 0 Å². The van der Waals surface area contributed by atoms with Crippen molar-refractivity contribution in [3.8, 4) is 5.75 Å². The molecule has 2 aliphatic rings. The number of nitrogens with zero attached hydrogens (tertiary/aromatic N) is 2. The summed E-state index contributed by atoms with van der Waals surface area (Å²) in [6.07, 6.45) is 2.38. The molecule has 1 fully saturated rings. The predicted octanol–water partition coefficient (Wildman–Crippen LogP) is 5.77. The monoisotopic (exact) mass is 413 g/mol. The lowest BCUT2D eigenvalue weighted by molar-refractivity contribution is 0.0137. The number of hydrogen-bond donors (Lipinski definition) is 1. The topological polar surface area (TPSA) is 47.0 Å². The third kappa shape index (κ3) is 3.36. The number of para-hydroxylation sites is 1. The molecule has 1 aromatic heterocycles. The van der Waals surface area contributed by atoms with Gasteiger partial charge in [0.25, 0.3) is 5.92 Å². The number of fused-ring (bicyclic) bond motifs is 5. The molecular weight excluding hydrogens is 391 g/mol. The Bertz CT molecular complexity index is 1140. The molecule has 1 saturated carbocycles. The van der Waals surface area contributed by atoms with Crippen LogP contribution < -0.4 is 10.1 Å². The molecule has 1 N–H and O–H groups in total. The van der Waals surface area contributed by atoms with Crippen LogP contribution in [0.25, 0.3) is 10.9 Å². The summed E-state index contributed by atoms with van der Waals surface area (Å²) in [5.74, 6) is -1.98. The zero-order valence-corrected chi connectivity index (χ0v) is 16.8. The van der Waals surface area contributed by atoms with Gasteiger partial charge < -0.3 is 10.1 Å². The Morgan fingerprint density at radius 1 is 1.17 bits per heavy atom. The van der Waals surface area contributed by atoms with Gasteiger partial charge in [-0.3, -0.25) is 0 Å². The van der Waals surface area contributed by atoms with E-state index in [-0.39, 0.29) is 28.6 Å². The maximum Gasteiger partial charge on any atom is 0.274 e. The summed E-state index contributed by atoms with van der Waals surface area (Å²) in [5, 5.41) is 4.02. The van der Waals surface area contributed by atoms with Crippen molar-refractivity contribution in [1.82, 2.24) is 9.97 Å². The molecule has 0 radical (unpaired) electrons. The Hall–Kier alpha value is -2.83. The number of halogens is 3. The molecule has 3 aromatic rings. The highest BCUT2D eigenvalue weighted by atomic mass is 19.3. The number of rotatable bonds is 1. The molecule has 0 unspecified atom stereocenters. The van der Waals surface area contributed by atoms with Crippen molar-refractivity contribution in [1.29, 1.82) is 0 Å². The van der Waals surface area contributed by atoms with Crippen LogP contribution in [0.1, 0.15) is 49.7 Å². The molecule has 2 bridgehead atoms. The molecular formula is C23H22F3N3O. The first-order valence-corrected chi connectivity index (χ1v) is 10.1. The Morgan fingerprint density at radius 3 is 2.70 bits per heavy atom. The fourth-order valence-corrected chi connectivity index (χ4v) is 4.13. The largest absolute Gasteiger partial charge is 0.492 e. The van der Waals surface area contributed by atoms with E-state index in [2.05, 4.69) is 10.3 Å². The van der Waals surface area contributed by atoms with Gasteiger partial charge in [-0.15, -0.1) is 0 Å². The highest BCUT2D eigenvalue weighted by molar-refractivity contribution is 5.89. The minimum atomic E-state index is -3.02. The second-order valence-electron chi connectivity index (χ2n) is 8.59. The summed E-state index contributed by atoms with van der Waals surface area (Å²) < 4.78 is 48.6. The van der Waals surface area contributed by atoms with Gasteiger partial charge in [0.05, 0.1) is 23.7 Å². The number of hydrogen-bond acceptors (Lipinski definition) is 4. The summed E-state index contributed by atoms with van der Waals surface area (Å²) in [6.45, 7) is 3.08. The molecule has 0 amide bonds. The van der Waals surface area contributed by atoms with Crippen LogP contribution in [0.4, 0.5) is 19.0 Å². The first-order chi connectivity index (χ1) is 14.2. The van der Waals surface area contributed by atoms with Gasteiger partial charge in [-0.1, -0.05) is 12.1 Å². The summed E-state index contributed by atoms with van der Waals surface area (Å²) in [6, 6.07) is 8.89. The smallest absolute Gasteiger partial charge is 0.274 e. The molecule has 156 valence electrons. The van der Waals surface area contributed by atoms with Gasteiger partial charge in [0, 0.05) is 35.8 Å². The van der Waals surface area contributed by atoms with Crippen molar-refractivity contribution in [2.24, 2.45) is 5.41 Å². The summed E-state index contributed by atoms with van der Waals surface area (Å²) >= 11 is 0. The SMILES string of the molecule is C[C@H]1Nc2nc(nc3cc(F)ccc23)CC2(CC2)COc2c1cccc2C(C)(F)F. The minimum Gasteiger partial charge on any atom is -0.492 e. The molecule has 2 aromatic carbocycles. The van der Waals surface area contributed by atoms with E-state index in [0.717, 1.165) is 19.8 Å². The van der Waals surface area contributed by atoms with Crippen LogP contribution in [0.5, 0.6) is 5.75 Å². The number of ether oxygens (including phenoxy) is 1. The standard InChI is InChI=1S/C23H22F3N3O/c1-13-15-4-3-5-17(22(2,25)26)20(15)30-12-23(8-9-23)11-19-28-18-10-14(24)6-7-16(18)21(27-13)29-19/h3-7,10,13H,8-9,11-12H2,1-2H3,(H,27,28,29)/t13-/m1/s1. The zero-order chi connectivity index (χ0) is 21.1. The van der Waals surface area contributed by atoms with E-state index < -0.39 is 5.92 Å². The summed E-state index contributed by atoms with van der Waals surface area (Å²) in [5.41, 5.74) is 0.870. The molecule has 1 aliphatic heterocycles. The molecule has 7 heteroatoms. The highest BCUT2D eigenvalue weighted by Crippen LogP contribution is 2.50. The van der Waals surface area contributed by atoms with Crippen LogP contribution in [0.2, 0.25) is 0 Å². The molecule has 2 heterocycles. The molecule has 1 atom stereocenters. The number of anilines is 1. The van der Waals surface area contributed by atoms with Gasteiger partial charge in [-0.2, -0.15) is 0 Å². The predicted molar refractivity (Wildman–Crippen MR) is 108 cm³/mol. The van der Waals surface area contributed by atoms with Crippen molar-refractivity contribution in [3.63, 3.8) is 0 Å². The lowest BCUT2D eigenvalue weighted by atomic mass is 9.99. The van der Waals surface area contributed by atoms with Crippen LogP contribution in [-0.4, -0.2) is 16.6 Å². The Morgan fingerprint density at radius 2 is 1.97 bits per heavy atom. The van der Waals surface area contributed by atoms with E-state index in [1.807, 2.05) is 6.92 Å². The molecule has 1 spiro atoms. The van der Waals surface area contributed by atoms with Gasteiger partial charge in [-0.25, -0.2) is 23.1 Å². The first-order valence-electron chi connectivity index (χ1n) is 10.1. The van der Waals surface area contributed by atoms with Crippen molar-refractivity contribution >= 4 is 16.7 Å². The maximum absolute atomic E-state index is 14.3. The minimum absolute atomic E-state index is 0.117. The van der Waals surface area contributed by atoms with Crippen molar-refractivity contribution in [3.05, 3.63) is 59.2 Å². The van der Waals surface area contributed by atoms with Crippen LogP contribution in [-0.2, 0) is 12.3 Å². The molecule has 0 saturated heterocycles. The molecule has 1 aliphatic carbocycles. The van der Waals surface area contributed by atoms with E-state index in [0.29, 0.717) is 41.1 Å². The Balaban J connectivity index is 1.69. The second-order valence-corrected chi connectivity index (χ2v) is 8.59. The normalized spacial score (nSPS) is 20.1. The van der Waals surface area contributed by atoms with Gasteiger partial charge in [-0.05, 0) is 38.0 Å². The fraction of sp³-hybridized carbons (Fsp3) is 0.391. The van der Waals surface area contributed by atoms with E-state index in [4.69, 9.17) is 9.72 Å². The van der Waals surface area contributed by atoms with E-state index in [9.17, 15) is 13.2 Å². The average Bonchev–Trinajstić information content (AvgIpc) is 3.44. The van der Waals surface area contributed by atoms with E-state index in [1.54, 1.807) is 18.2 Å². The van der Waals surface area contributed by atoms with E-state index in [1.165, 1.54) is 18.2 Å². The third-order valence-corrected chi connectivity index (χ3v) is 6.06. The zero-order valence-electron chi connectivity index (χ0n) is 16.8. The lowest BCUT2D eigenvalue weighted by Gasteiger charge is -2.24. The third-order valence-electron chi connectivity index (χ3n) is 6.06. The van der Waals surface area contributed by atoms with Crippen molar-refractivity contribution < 1.29 is 17.9 Å². The van der Waals surface area contributed by atoms with Crippen LogP contribution in [0.3, 0.4) is 0 Å². The maximum atomic E-state index is 14.3. The first kappa shape index (κ1) is 19.2. The number of alkyl halides is 2. The van der Waals surface area contributed by atoms with Crippen molar-refractivity contribution in [2.45, 2.75) is 45.1 Å². The highest BCUT2D eigenvalue weighted by Gasteiger charge is 2.45. The summed E-state index contributed by atoms with van der Waals surface area (Å²) in [7, 11) is 0. The fourth-order valence-electron chi connectivity index (χ4n) is 4.13. The number of nitrogens with one attached hydrogen (secondary N) is 1. The van der Waals surface area contributed by atoms with Gasteiger partial charge in [0.2, 0.25) is 0 Å². The van der Waals surface area contributed by atoms with Gasteiger partial charge in [0.1, 0.15) is 23.2 Å². The Labute approximate surface area is 172 Å². The van der Waals surface area contributed by atoms with Gasteiger partial charge in [0.15, 0.2) is 0 Å². The number of benzene rings is 2. The Kier molecular flexibility index (Phi) is 4.21. The molecule has 4 nitrogen and oxygen atoms in total. The average molecular weight is 413 g/mol. The quantitative estimate of drug-likeness (QED) is 0.550. The van der Waals surface area contributed by atoms with Crippen LogP contribution in [0, 0.1) is 11.2 Å². The lowest BCUT2D eigenvalue weighted by Crippen LogP contribution is -2.20. The van der Waals surface area contributed by atoms with Crippen LogP contribution in [0.15, 0.2) is 36.4 Å². The summed E-state index contributed by atoms with van der Waals surface area (Å²) in [4.78, 5) is 9.29.